The van der Waals surface area contributed by atoms with Crippen molar-refractivity contribution in [3.05, 3.63) is 99.7 Å². The fourth-order valence-corrected chi connectivity index (χ4v) is 4.06. The number of halogens is 6. The summed E-state index contributed by atoms with van der Waals surface area (Å²) in [5, 5.41) is 19.1. The predicted molar refractivity (Wildman–Crippen MR) is 130 cm³/mol. The molecule has 1 unspecified atom stereocenters. The standard InChI is InChI=1S/C28H24F6N2O/c1-15-9-21(12-26(37)16(15)2)23(27(30,31)32)13-25(29)20-7-8-22(24(11-20)28(33,34)36)17(3)19-6-4-5-18(10-19)14-35/h6-13,23,37H,3-5,36H2,1-2H3/b25-13-. The molecule has 0 amide bonds. The van der Waals surface area contributed by atoms with E-state index in [0.717, 1.165) is 18.2 Å². The van der Waals surface area contributed by atoms with Crippen LogP contribution in [0.1, 0.15) is 52.1 Å². The van der Waals surface area contributed by atoms with Crippen LogP contribution in [-0.4, -0.2) is 11.3 Å². The molecule has 9 heteroatoms. The first-order chi connectivity index (χ1) is 17.1. The maximum Gasteiger partial charge on any atom is 0.399 e. The molecule has 1 aliphatic rings. The number of allylic oxidation sites excluding steroid dienone is 6. The van der Waals surface area contributed by atoms with Crippen LogP contribution < -0.4 is 5.73 Å². The van der Waals surface area contributed by atoms with Crippen LogP contribution >= 0.6 is 0 Å². The van der Waals surface area contributed by atoms with Gasteiger partial charge < -0.3 is 5.11 Å². The van der Waals surface area contributed by atoms with Crippen LogP contribution in [0.15, 0.2) is 66.3 Å². The second-order valence-corrected chi connectivity index (χ2v) is 8.86. The number of aromatic hydroxyl groups is 1. The molecule has 0 heterocycles. The lowest BCUT2D eigenvalue weighted by Gasteiger charge is -2.21. The Morgan fingerprint density at radius 1 is 1.16 bits per heavy atom. The van der Waals surface area contributed by atoms with Crippen LogP contribution in [0.4, 0.5) is 26.3 Å². The largest absolute Gasteiger partial charge is 0.508 e. The van der Waals surface area contributed by atoms with Gasteiger partial charge in [0, 0.05) is 16.7 Å². The van der Waals surface area contributed by atoms with E-state index >= 15 is 4.39 Å². The van der Waals surface area contributed by atoms with Gasteiger partial charge in [-0.1, -0.05) is 30.9 Å². The minimum absolute atomic E-state index is 0.113. The molecule has 0 saturated heterocycles. The second-order valence-electron chi connectivity index (χ2n) is 8.86. The van der Waals surface area contributed by atoms with Crippen molar-refractivity contribution < 1.29 is 31.4 Å². The van der Waals surface area contributed by atoms with Crippen LogP contribution in [-0.2, 0) is 6.05 Å². The molecule has 3 nitrogen and oxygen atoms in total. The van der Waals surface area contributed by atoms with Crippen LogP contribution in [0.3, 0.4) is 0 Å². The molecule has 0 aliphatic heterocycles. The molecule has 3 N–H and O–H groups in total. The molecule has 2 aromatic rings. The summed E-state index contributed by atoms with van der Waals surface area (Å²) in [4.78, 5) is 0. The van der Waals surface area contributed by atoms with Crippen LogP contribution in [0.5, 0.6) is 5.75 Å². The highest BCUT2D eigenvalue weighted by atomic mass is 19.4. The zero-order valence-electron chi connectivity index (χ0n) is 20.1. The van der Waals surface area contributed by atoms with Gasteiger partial charge >= 0.3 is 12.2 Å². The minimum Gasteiger partial charge on any atom is -0.508 e. The number of nitriles is 1. The van der Waals surface area contributed by atoms with E-state index in [-0.39, 0.29) is 23.0 Å². The summed E-state index contributed by atoms with van der Waals surface area (Å²) in [5.74, 6) is -4.22. The van der Waals surface area contributed by atoms with E-state index in [1.54, 1.807) is 6.08 Å². The summed E-state index contributed by atoms with van der Waals surface area (Å²) < 4.78 is 85.5. The number of nitrogens with two attached hydrogens (primary N) is 1. The lowest BCUT2D eigenvalue weighted by atomic mass is 9.88. The summed E-state index contributed by atoms with van der Waals surface area (Å²) in [7, 11) is 0. The van der Waals surface area contributed by atoms with Gasteiger partial charge in [-0.25, -0.2) is 4.39 Å². The first-order valence-electron chi connectivity index (χ1n) is 11.2. The maximum absolute atomic E-state index is 15.2. The van der Waals surface area contributed by atoms with Crippen molar-refractivity contribution >= 4 is 11.4 Å². The van der Waals surface area contributed by atoms with Gasteiger partial charge in [0.15, 0.2) is 0 Å². The van der Waals surface area contributed by atoms with Crippen molar-refractivity contribution in [1.82, 2.24) is 0 Å². The lowest BCUT2D eigenvalue weighted by Crippen LogP contribution is -2.27. The smallest absolute Gasteiger partial charge is 0.399 e. The Hall–Kier alpha value is -3.77. The Morgan fingerprint density at radius 2 is 1.84 bits per heavy atom. The molecule has 1 atom stereocenters. The highest BCUT2D eigenvalue weighted by Gasteiger charge is 2.40. The predicted octanol–water partition coefficient (Wildman–Crippen LogP) is 7.86. The second kappa shape index (κ2) is 10.3. The highest BCUT2D eigenvalue weighted by molar-refractivity contribution is 5.83. The third kappa shape index (κ3) is 6.15. The van der Waals surface area contributed by atoms with Crippen molar-refractivity contribution in [2.75, 3.05) is 0 Å². The van der Waals surface area contributed by atoms with Gasteiger partial charge in [-0.3, -0.25) is 5.73 Å². The zero-order chi connectivity index (χ0) is 27.7. The van der Waals surface area contributed by atoms with Crippen LogP contribution in [0, 0.1) is 25.2 Å². The van der Waals surface area contributed by atoms with Crippen LogP contribution in [0.25, 0.3) is 11.4 Å². The van der Waals surface area contributed by atoms with E-state index in [0.29, 0.717) is 41.2 Å². The van der Waals surface area contributed by atoms with E-state index < -0.39 is 40.7 Å². The molecule has 0 bridgehead atoms. The van der Waals surface area contributed by atoms with Crippen LogP contribution in [0.2, 0.25) is 0 Å². The lowest BCUT2D eigenvalue weighted by molar-refractivity contribution is -0.139. The van der Waals surface area contributed by atoms with Crippen molar-refractivity contribution in [3.63, 3.8) is 0 Å². The van der Waals surface area contributed by atoms with Crippen molar-refractivity contribution in [3.8, 4) is 11.8 Å². The van der Waals surface area contributed by atoms with Crippen molar-refractivity contribution in [2.45, 2.75) is 44.8 Å². The first kappa shape index (κ1) is 27.8. The summed E-state index contributed by atoms with van der Waals surface area (Å²) in [6.07, 6.45) is -0.463. The zero-order valence-corrected chi connectivity index (χ0v) is 20.1. The van der Waals surface area contributed by atoms with Gasteiger partial charge in [0.05, 0.1) is 6.07 Å². The molecular formula is C28H24F6N2O. The van der Waals surface area contributed by atoms with E-state index in [2.05, 4.69) is 6.58 Å². The molecule has 37 heavy (non-hydrogen) atoms. The third-order valence-electron chi connectivity index (χ3n) is 6.27. The first-order valence-corrected chi connectivity index (χ1v) is 11.2. The molecule has 3 rings (SSSR count). The number of benzene rings is 2. The van der Waals surface area contributed by atoms with Gasteiger partial charge in [0.25, 0.3) is 0 Å². The molecule has 0 fully saturated rings. The molecule has 0 saturated carbocycles. The van der Waals surface area contributed by atoms with Crippen molar-refractivity contribution in [2.24, 2.45) is 5.73 Å². The number of rotatable bonds is 6. The van der Waals surface area contributed by atoms with Gasteiger partial charge in [0.1, 0.15) is 17.5 Å². The number of phenolic OH excluding ortho intramolecular Hbond substituents is 1. The van der Waals surface area contributed by atoms with E-state index in [9.17, 15) is 27.1 Å². The van der Waals surface area contributed by atoms with Gasteiger partial charge in [-0.15, -0.1) is 0 Å². The molecule has 2 aromatic carbocycles. The summed E-state index contributed by atoms with van der Waals surface area (Å²) >= 11 is 0. The van der Waals surface area contributed by atoms with Gasteiger partial charge in [-0.05, 0) is 84.4 Å². The van der Waals surface area contributed by atoms with Crippen molar-refractivity contribution in [1.29, 1.82) is 5.26 Å². The fraction of sp³-hybridized carbons (Fsp3) is 0.250. The average Bonchev–Trinajstić information content (AvgIpc) is 2.83. The van der Waals surface area contributed by atoms with Gasteiger partial charge in [-0.2, -0.15) is 27.2 Å². The number of nitrogens with zero attached hydrogens (tertiary/aromatic N) is 1. The maximum atomic E-state index is 15.2. The normalized spacial score (nSPS) is 15.5. The molecule has 0 radical (unpaired) electrons. The van der Waals surface area contributed by atoms with E-state index in [1.807, 2.05) is 6.07 Å². The third-order valence-corrected chi connectivity index (χ3v) is 6.27. The Balaban J connectivity index is 2.09. The number of phenols is 1. The van der Waals surface area contributed by atoms with E-state index in [4.69, 9.17) is 11.0 Å². The number of hydrogen-bond acceptors (Lipinski definition) is 3. The minimum atomic E-state index is -4.93. The number of hydrogen-bond donors (Lipinski definition) is 2. The highest BCUT2D eigenvalue weighted by Crippen LogP contribution is 2.41. The molecule has 0 aromatic heterocycles. The summed E-state index contributed by atoms with van der Waals surface area (Å²) in [6.45, 7) is 6.85. The molecule has 0 spiro atoms. The molecular weight excluding hydrogens is 494 g/mol. The Kier molecular flexibility index (Phi) is 7.75. The SMILES string of the molecule is C=C(C1=CCCC(C#N)=C1)c1ccc(/C(F)=C/C(c2cc(C)c(C)c(O)c2)C(F)(F)F)cc1C(N)(F)F. The Labute approximate surface area is 210 Å². The number of alkyl halides is 5. The molecule has 194 valence electrons. The monoisotopic (exact) mass is 518 g/mol. The summed E-state index contributed by atoms with van der Waals surface area (Å²) in [5.41, 5.74) is 4.87. The topological polar surface area (TPSA) is 70.0 Å². The summed E-state index contributed by atoms with van der Waals surface area (Å²) in [6, 6.07) is 2.99. The average molecular weight is 519 g/mol. The number of aryl methyl sites for hydroxylation is 1. The van der Waals surface area contributed by atoms with Gasteiger partial charge in [0.2, 0.25) is 0 Å². The quantitative estimate of drug-likeness (QED) is 0.302. The Bertz CT molecular complexity index is 1350. The molecule has 1 aliphatic carbocycles. The van der Waals surface area contributed by atoms with E-state index in [1.165, 1.54) is 26.0 Å². The Morgan fingerprint density at radius 3 is 2.41 bits per heavy atom. The fourth-order valence-electron chi connectivity index (χ4n) is 4.06.